The number of urea groups is 1. The van der Waals surface area contributed by atoms with Crippen molar-refractivity contribution < 1.29 is 4.79 Å². The molecule has 2 N–H and O–H groups in total. The minimum Gasteiger partial charge on any atom is -0.331 e. The number of nitrogens with zero attached hydrogens (tertiary/aromatic N) is 2. The summed E-state index contributed by atoms with van der Waals surface area (Å²) < 4.78 is 2.20. The number of nitrogens with one attached hydrogen (secondary N) is 2. The summed E-state index contributed by atoms with van der Waals surface area (Å²) >= 11 is 1.87. The average Bonchev–Trinajstić information content (AvgIpc) is 3.42. The van der Waals surface area contributed by atoms with E-state index in [1.165, 1.54) is 26.6 Å². The predicted molar refractivity (Wildman–Crippen MR) is 129 cm³/mol. The first-order valence-corrected chi connectivity index (χ1v) is 12.0. The summed E-state index contributed by atoms with van der Waals surface area (Å²) in [7, 11) is 0. The Balaban J connectivity index is 1.64. The largest absolute Gasteiger partial charge is 0.331 e. The van der Waals surface area contributed by atoms with Crippen LogP contribution in [0.1, 0.15) is 53.4 Å². The summed E-state index contributed by atoms with van der Waals surface area (Å²) in [5.74, 6) is 0. The number of carbonyl (C=O) groups is 1. The highest BCUT2D eigenvalue weighted by Crippen LogP contribution is 2.40. The molecule has 2 aromatic heterocycles. The second kappa shape index (κ2) is 9.28. The van der Waals surface area contributed by atoms with E-state index in [0.29, 0.717) is 0 Å². The fourth-order valence-corrected chi connectivity index (χ4v) is 5.76. The summed E-state index contributed by atoms with van der Waals surface area (Å²) in [5, 5.41) is 7.57. The van der Waals surface area contributed by atoms with Crippen LogP contribution in [0.4, 0.5) is 10.5 Å². The molecule has 0 radical (unpaired) electrons. The fourth-order valence-electron chi connectivity index (χ4n) is 4.34. The van der Waals surface area contributed by atoms with Crippen LogP contribution in [0.25, 0.3) is 5.00 Å². The van der Waals surface area contributed by atoms with Crippen molar-refractivity contribution in [1.82, 2.24) is 14.8 Å². The van der Waals surface area contributed by atoms with Crippen LogP contribution in [0.2, 0.25) is 0 Å². The van der Waals surface area contributed by atoms with Gasteiger partial charge in [-0.25, -0.2) is 4.79 Å². The number of anilines is 1. The number of rotatable bonds is 6. The number of fused-ring (bicyclic) bond motifs is 1. The first-order chi connectivity index (χ1) is 15.0. The second-order valence-electron chi connectivity index (χ2n) is 8.24. The third-order valence-electron chi connectivity index (χ3n) is 6.36. The number of likely N-dealkylation sites (N-methyl/N-ethyl adjacent to an activating group) is 1. The van der Waals surface area contributed by atoms with Gasteiger partial charge in [0.1, 0.15) is 5.00 Å². The zero-order valence-corrected chi connectivity index (χ0v) is 19.7. The van der Waals surface area contributed by atoms with Crippen molar-refractivity contribution >= 4 is 23.1 Å². The molecule has 0 saturated heterocycles. The van der Waals surface area contributed by atoms with E-state index < -0.39 is 0 Å². The van der Waals surface area contributed by atoms with E-state index in [-0.39, 0.29) is 12.1 Å². The number of aromatic nitrogens is 1. The van der Waals surface area contributed by atoms with Crippen LogP contribution in [-0.4, -0.2) is 28.6 Å². The third-order valence-corrected chi connectivity index (χ3v) is 7.60. The Hall–Kier alpha value is -2.57. The summed E-state index contributed by atoms with van der Waals surface area (Å²) in [6, 6.07) is 9.94. The van der Waals surface area contributed by atoms with Crippen molar-refractivity contribution in [3.05, 3.63) is 69.9 Å². The summed E-state index contributed by atoms with van der Waals surface area (Å²) in [6.07, 6.45) is 6.07. The van der Waals surface area contributed by atoms with Crippen molar-refractivity contribution in [2.45, 2.75) is 53.1 Å². The van der Waals surface area contributed by atoms with Gasteiger partial charge >= 0.3 is 6.03 Å². The van der Waals surface area contributed by atoms with E-state index in [2.05, 4.69) is 71.5 Å². The van der Waals surface area contributed by atoms with E-state index in [9.17, 15) is 4.79 Å². The van der Waals surface area contributed by atoms with Gasteiger partial charge in [-0.05, 0) is 68.1 Å². The lowest BCUT2D eigenvalue weighted by Crippen LogP contribution is -2.34. The molecule has 164 valence electrons. The second-order valence-corrected chi connectivity index (χ2v) is 9.32. The van der Waals surface area contributed by atoms with Gasteiger partial charge in [0.2, 0.25) is 0 Å². The van der Waals surface area contributed by atoms with Gasteiger partial charge < -0.3 is 15.2 Å². The van der Waals surface area contributed by atoms with Gasteiger partial charge in [0.15, 0.2) is 0 Å². The number of benzene rings is 1. The molecule has 31 heavy (non-hydrogen) atoms. The molecule has 1 atom stereocenters. The first kappa shape index (κ1) is 21.7. The molecule has 4 rings (SSSR count). The number of hydrogen-bond acceptors (Lipinski definition) is 3. The molecule has 0 aliphatic carbocycles. The van der Waals surface area contributed by atoms with Gasteiger partial charge in [-0.3, -0.25) is 4.90 Å². The van der Waals surface area contributed by atoms with Gasteiger partial charge in [-0.2, -0.15) is 0 Å². The predicted octanol–water partition coefficient (Wildman–Crippen LogP) is 5.81. The molecule has 0 bridgehead atoms. The molecule has 6 heteroatoms. The zero-order valence-electron chi connectivity index (χ0n) is 18.9. The molecule has 1 aliphatic rings. The van der Waals surface area contributed by atoms with Crippen LogP contribution in [0.15, 0.2) is 42.7 Å². The summed E-state index contributed by atoms with van der Waals surface area (Å²) in [4.78, 5) is 16.9. The van der Waals surface area contributed by atoms with E-state index in [4.69, 9.17) is 0 Å². The standard InChI is InChI=1S/C25H32N4OS/c1-5-20(26-25(30)27-21-11-9-10-17(3)18(21)4)23-19-12-15-28(6-2)16-22(19)31-24(23)29-13-7-8-14-29/h7-11,13-14,20H,5-6,12,15-16H2,1-4H3,(H2,26,27,30)/t20-/m0/s1. The van der Waals surface area contributed by atoms with Crippen LogP contribution in [0, 0.1) is 13.8 Å². The molecule has 1 aromatic carbocycles. The zero-order chi connectivity index (χ0) is 22.0. The van der Waals surface area contributed by atoms with Gasteiger partial charge in [0.05, 0.1) is 6.04 Å². The number of carbonyl (C=O) groups excluding carboxylic acids is 1. The van der Waals surface area contributed by atoms with Crippen LogP contribution in [0.5, 0.6) is 0 Å². The van der Waals surface area contributed by atoms with Crippen LogP contribution in [-0.2, 0) is 13.0 Å². The van der Waals surface area contributed by atoms with E-state index >= 15 is 0 Å². The maximum Gasteiger partial charge on any atom is 0.319 e. The van der Waals surface area contributed by atoms with E-state index in [1.54, 1.807) is 0 Å². The van der Waals surface area contributed by atoms with Gasteiger partial charge in [-0.1, -0.05) is 26.0 Å². The molecule has 0 spiro atoms. The SMILES string of the molecule is CC[C@H](NC(=O)Nc1cccc(C)c1C)c1c(-n2cccc2)sc2c1CCN(CC)C2. The minimum absolute atomic E-state index is 0.0318. The van der Waals surface area contributed by atoms with Gasteiger partial charge in [-0.15, -0.1) is 11.3 Å². The smallest absolute Gasteiger partial charge is 0.319 e. The fraction of sp³-hybridized carbons (Fsp3) is 0.400. The Kier molecular flexibility index (Phi) is 6.49. The highest BCUT2D eigenvalue weighted by molar-refractivity contribution is 7.15. The highest BCUT2D eigenvalue weighted by Gasteiger charge is 2.29. The number of hydrogen-bond donors (Lipinski definition) is 2. The Labute approximate surface area is 189 Å². The molecular weight excluding hydrogens is 404 g/mol. The number of thiophene rings is 1. The number of amides is 2. The maximum atomic E-state index is 13.0. The molecule has 0 saturated carbocycles. The number of aryl methyl sites for hydroxylation is 1. The average molecular weight is 437 g/mol. The van der Waals surface area contributed by atoms with E-state index in [1.807, 2.05) is 30.4 Å². The Morgan fingerprint density at radius 1 is 1.16 bits per heavy atom. The molecule has 2 amide bonds. The summed E-state index contributed by atoms with van der Waals surface area (Å²) in [5.41, 5.74) is 5.85. The highest BCUT2D eigenvalue weighted by atomic mass is 32.1. The van der Waals surface area contributed by atoms with Crippen molar-refractivity contribution in [3.63, 3.8) is 0 Å². The molecule has 5 nitrogen and oxygen atoms in total. The Morgan fingerprint density at radius 3 is 2.65 bits per heavy atom. The molecule has 0 unspecified atom stereocenters. The molecule has 3 heterocycles. The van der Waals surface area contributed by atoms with Crippen molar-refractivity contribution in [1.29, 1.82) is 0 Å². The van der Waals surface area contributed by atoms with Gasteiger partial charge in [0, 0.05) is 41.6 Å². The normalized spacial score (nSPS) is 14.8. The van der Waals surface area contributed by atoms with Crippen molar-refractivity contribution in [2.24, 2.45) is 0 Å². The van der Waals surface area contributed by atoms with Crippen molar-refractivity contribution in [2.75, 3.05) is 18.4 Å². The van der Waals surface area contributed by atoms with Crippen LogP contribution < -0.4 is 10.6 Å². The topological polar surface area (TPSA) is 49.3 Å². The lowest BCUT2D eigenvalue weighted by atomic mass is 9.96. The molecular formula is C25H32N4OS. The maximum absolute atomic E-state index is 13.0. The Bertz CT molecular complexity index is 1050. The molecule has 1 aliphatic heterocycles. The lowest BCUT2D eigenvalue weighted by Gasteiger charge is -2.27. The molecule has 3 aromatic rings. The lowest BCUT2D eigenvalue weighted by molar-refractivity contribution is 0.247. The van der Waals surface area contributed by atoms with Crippen LogP contribution >= 0.6 is 11.3 Å². The monoisotopic (exact) mass is 436 g/mol. The van der Waals surface area contributed by atoms with Crippen molar-refractivity contribution in [3.8, 4) is 5.00 Å². The quantitative estimate of drug-likeness (QED) is 0.512. The summed E-state index contributed by atoms with van der Waals surface area (Å²) in [6.45, 7) is 11.6. The van der Waals surface area contributed by atoms with E-state index in [0.717, 1.165) is 43.7 Å². The van der Waals surface area contributed by atoms with Gasteiger partial charge in [0.25, 0.3) is 0 Å². The third kappa shape index (κ3) is 4.41. The van der Waals surface area contributed by atoms with Crippen LogP contribution in [0.3, 0.4) is 0 Å². The Morgan fingerprint density at radius 2 is 1.94 bits per heavy atom. The first-order valence-electron chi connectivity index (χ1n) is 11.2. The minimum atomic E-state index is -0.148. The molecule has 0 fully saturated rings.